The lowest BCUT2D eigenvalue weighted by molar-refractivity contribution is -0.157. The molecular weight excluding hydrogens is 288 g/mol. The van der Waals surface area contributed by atoms with Crippen LogP contribution in [-0.4, -0.2) is 37.7 Å². The van der Waals surface area contributed by atoms with Gasteiger partial charge in [-0.05, 0) is 26.7 Å². The van der Waals surface area contributed by atoms with E-state index in [2.05, 4.69) is 0 Å². The van der Waals surface area contributed by atoms with Crippen LogP contribution in [-0.2, 0) is 28.6 Å². The quantitative estimate of drug-likeness (QED) is 0.267. The SMILES string of the molecule is CCCCOC(=O)/C=C/C(=O)OCCOC(=O)C(C)(C)CC. The van der Waals surface area contributed by atoms with Crippen LogP contribution < -0.4 is 0 Å². The van der Waals surface area contributed by atoms with E-state index in [1.807, 2.05) is 13.8 Å². The first-order chi connectivity index (χ1) is 10.3. The van der Waals surface area contributed by atoms with Gasteiger partial charge in [-0.25, -0.2) is 9.59 Å². The third-order valence-corrected chi connectivity index (χ3v) is 3.09. The molecule has 6 heteroatoms. The molecule has 0 aromatic heterocycles. The Morgan fingerprint density at radius 1 is 0.864 bits per heavy atom. The number of unbranched alkanes of at least 4 members (excludes halogenated alkanes) is 1. The zero-order chi connectivity index (χ0) is 17.0. The van der Waals surface area contributed by atoms with E-state index >= 15 is 0 Å². The van der Waals surface area contributed by atoms with Crippen molar-refractivity contribution in [2.75, 3.05) is 19.8 Å². The smallest absolute Gasteiger partial charge is 0.331 e. The summed E-state index contributed by atoms with van der Waals surface area (Å²) in [4.78, 5) is 34.2. The highest BCUT2D eigenvalue weighted by Crippen LogP contribution is 2.21. The van der Waals surface area contributed by atoms with Crippen molar-refractivity contribution in [1.82, 2.24) is 0 Å². The first kappa shape index (κ1) is 20.1. The Hall–Kier alpha value is -1.85. The van der Waals surface area contributed by atoms with Gasteiger partial charge in [0.1, 0.15) is 13.2 Å². The van der Waals surface area contributed by atoms with Gasteiger partial charge in [-0.15, -0.1) is 0 Å². The summed E-state index contributed by atoms with van der Waals surface area (Å²) in [6, 6.07) is 0. The van der Waals surface area contributed by atoms with E-state index in [4.69, 9.17) is 14.2 Å². The molecular formula is C16H26O6. The molecule has 0 atom stereocenters. The van der Waals surface area contributed by atoms with Crippen LogP contribution in [0.3, 0.4) is 0 Å². The summed E-state index contributed by atoms with van der Waals surface area (Å²) in [5.41, 5.74) is -0.549. The monoisotopic (exact) mass is 314 g/mol. The Kier molecular flexibility index (Phi) is 9.91. The second-order valence-corrected chi connectivity index (χ2v) is 5.40. The minimum Gasteiger partial charge on any atom is -0.463 e. The molecule has 0 saturated carbocycles. The van der Waals surface area contributed by atoms with Crippen molar-refractivity contribution in [1.29, 1.82) is 0 Å². The van der Waals surface area contributed by atoms with E-state index in [0.717, 1.165) is 25.0 Å². The Morgan fingerprint density at radius 2 is 1.36 bits per heavy atom. The molecule has 0 N–H and O–H groups in total. The minimum absolute atomic E-state index is 0.0111. The Bertz CT molecular complexity index is 397. The molecule has 0 aliphatic carbocycles. The molecule has 0 radical (unpaired) electrons. The summed E-state index contributed by atoms with van der Waals surface area (Å²) in [6.45, 7) is 7.71. The number of carbonyl (C=O) groups is 3. The summed E-state index contributed by atoms with van der Waals surface area (Å²) in [5.74, 6) is -1.60. The number of carbonyl (C=O) groups excluding carboxylic acids is 3. The van der Waals surface area contributed by atoms with Crippen molar-refractivity contribution in [2.45, 2.75) is 47.0 Å². The van der Waals surface area contributed by atoms with Gasteiger partial charge in [0.25, 0.3) is 0 Å². The van der Waals surface area contributed by atoms with Crippen LogP contribution in [0.15, 0.2) is 12.2 Å². The van der Waals surface area contributed by atoms with Crippen molar-refractivity contribution in [3.63, 3.8) is 0 Å². The maximum atomic E-state index is 11.6. The van der Waals surface area contributed by atoms with Crippen LogP contribution in [0.2, 0.25) is 0 Å². The minimum atomic E-state index is -0.682. The highest BCUT2D eigenvalue weighted by atomic mass is 16.6. The number of ether oxygens (including phenoxy) is 3. The molecule has 0 aromatic rings. The van der Waals surface area contributed by atoms with Gasteiger partial charge in [-0.1, -0.05) is 20.3 Å². The van der Waals surface area contributed by atoms with Gasteiger partial charge < -0.3 is 14.2 Å². The molecule has 0 amide bonds. The number of hydrogen-bond acceptors (Lipinski definition) is 6. The molecule has 0 spiro atoms. The van der Waals surface area contributed by atoms with E-state index < -0.39 is 17.4 Å². The van der Waals surface area contributed by atoms with Gasteiger partial charge in [-0.3, -0.25) is 4.79 Å². The van der Waals surface area contributed by atoms with Crippen molar-refractivity contribution in [3.8, 4) is 0 Å². The largest absolute Gasteiger partial charge is 0.463 e. The molecule has 0 fully saturated rings. The molecule has 22 heavy (non-hydrogen) atoms. The maximum Gasteiger partial charge on any atom is 0.331 e. The fraction of sp³-hybridized carbons (Fsp3) is 0.688. The second-order valence-electron chi connectivity index (χ2n) is 5.40. The van der Waals surface area contributed by atoms with Gasteiger partial charge in [0.15, 0.2) is 0 Å². The predicted molar refractivity (Wildman–Crippen MR) is 81.0 cm³/mol. The molecule has 0 heterocycles. The van der Waals surface area contributed by atoms with Crippen LogP contribution in [0.5, 0.6) is 0 Å². The standard InChI is InChI=1S/C16H26O6/c1-5-7-10-20-13(17)8-9-14(18)21-11-12-22-15(19)16(3,4)6-2/h8-9H,5-7,10-12H2,1-4H3/b9-8+. The van der Waals surface area contributed by atoms with Gasteiger partial charge in [0.05, 0.1) is 12.0 Å². The van der Waals surface area contributed by atoms with E-state index in [-0.39, 0.29) is 19.2 Å². The maximum absolute atomic E-state index is 11.6. The number of rotatable bonds is 10. The summed E-state index contributed by atoms with van der Waals surface area (Å²) in [5, 5.41) is 0. The van der Waals surface area contributed by atoms with Crippen molar-refractivity contribution >= 4 is 17.9 Å². The summed E-state index contributed by atoms with van der Waals surface area (Å²) in [7, 11) is 0. The zero-order valence-electron chi connectivity index (χ0n) is 13.8. The number of esters is 3. The number of hydrogen-bond donors (Lipinski definition) is 0. The average Bonchev–Trinajstić information content (AvgIpc) is 2.49. The van der Waals surface area contributed by atoms with Gasteiger partial charge in [0.2, 0.25) is 0 Å². The highest BCUT2D eigenvalue weighted by Gasteiger charge is 2.26. The first-order valence-corrected chi connectivity index (χ1v) is 7.52. The lowest BCUT2D eigenvalue weighted by Crippen LogP contribution is -2.27. The first-order valence-electron chi connectivity index (χ1n) is 7.52. The normalized spacial score (nSPS) is 11.3. The van der Waals surface area contributed by atoms with Crippen LogP contribution in [0.4, 0.5) is 0 Å². The Morgan fingerprint density at radius 3 is 1.86 bits per heavy atom. The fourth-order valence-corrected chi connectivity index (χ4v) is 1.17. The topological polar surface area (TPSA) is 78.9 Å². The third-order valence-electron chi connectivity index (χ3n) is 3.09. The zero-order valence-corrected chi connectivity index (χ0v) is 13.8. The van der Waals surface area contributed by atoms with Crippen LogP contribution in [0.25, 0.3) is 0 Å². The lowest BCUT2D eigenvalue weighted by atomic mass is 9.91. The summed E-state index contributed by atoms with van der Waals surface area (Å²) >= 11 is 0. The van der Waals surface area contributed by atoms with E-state index in [1.165, 1.54) is 0 Å². The third kappa shape index (κ3) is 9.15. The van der Waals surface area contributed by atoms with Crippen molar-refractivity contribution < 1.29 is 28.6 Å². The van der Waals surface area contributed by atoms with E-state index in [1.54, 1.807) is 13.8 Å². The molecule has 0 rings (SSSR count). The molecule has 0 aliphatic rings. The fourth-order valence-electron chi connectivity index (χ4n) is 1.17. The Labute approximate surface area is 131 Å². The molecule has 126 valence electrons. The van der Waals surface area contributed by atoms with Crippen molar-refractivity contribution in [3.05, 3.63) is 12.2 Å². The molecule has 0 aliphatic heterocycles. The van der Waals surface area contributed by atoms with Crippen LogP contribution >= 0.6 is 0 Å². The second kappa shape index (κ2) is 10.8. The molecule has 0 aromatic carbocycles. The van der Waals surface area contributed by atoms with E-state index in [9.17, 15) is 14.4 Å². The van der Waals surface area contributed by atoms with Gasteiger partial charge in [0, 0.05) is 12.2 Å². The van der Waals surface area contributed by atoms with Crippen LogP contribution in [0, 0.1) is 5.41 Å². The highest BCUT2D eigenvalue weighted by molar-refractivity contribution is 5.91. The van der Waals surface area contributed by atoms with E-state index in [0.29, 0.717) is 13.0 Å². The van der Waals surface area contributed by atoms with Gasteiger partial charge in [-0.2, -0.15) is 0 Å². The average molecular weight is 314 g/mol. The van der Waals surface area contributed by atoms with Crippen LogP contribution in [0.1, 0.15) is 47.0 Å². The molecule has 0 unspecified atom stereocenters. The summed E-state index contributed by atoms with van der Waals surface area (Å²) in [6.07, 6.45) is 4.38. The molecule has 6 nitrogen and oxygen atoms in total. The van der Waals surface area contributed by atoms with Gasteiger partial charge >= 0.3 is 17.9 Å². The lowest BCUT2D eigenvalue weighted by Gasteiger charge is -2.20. The Balaban J connectivity index is 3.86. The molecule has 0 bridgehead atoms. The predicted octanol–water partition coefficient (Wildman–Crippen LogP) is 2.41. The van der Waals surface area contributed by atoms with Crippen molar-refractivity contribution in [2.24, 2.45) is 5.41 Å². The molecule has 0 saturated heterocycles. The summed E-state index contributed by atoms with van der Waals surface area (Å²) < 4.78 is 14.6.